The molecule has 1 aliphatic carbocycles. The molecule has 0 heterocycles. The van der Waals surface area contributed by atoms with Crippen molar-refractivity contribution < 1.29 is 14.3 Å². The first-order valence-electron chi connectivity index (χ1n) is 6.32. The van der Waals surface area contributed by atoms with E-state index in [1.54, 1.807) is 6.92 Å². The Bertz CT molecular complexity index is 579. The highest BCUT2D eigenvalue weighted by atomic mass is 16.5. The topological polar surface area (TPSA) is 43.4 Å². The molecule has 0 aliphatic heterocycles. The van der Waals surface area contributed by atoms with Crippen molar-refractivity contribution >= 4 is 23.4 Å². The minimum Gasteiger partial charge on any atom is -0.462 e. The number of benzene rings is 1. The Hall–Kier alpha value is -2.16. The summed E-state index contributed by atoms with van der Waals surface area (Å²) in [5.74, 6) is -0.784. The van der Waals surface area contributed by atoms with E-state index < -0.39 is 5.97 Å². The molecule has 0 spiro atoms. The summed E-state index contributed by atoms with van der Waals surface area (Å²) in [4.78, 5) is 23.8. The molecule has 1 aliphatic rings. The minimum atomic E-state index is -0.532. The Labute approximate surface area is 112 Å². The number of fused-ring (bicyclic) bond motifs is 1. The van der Waals surface area contributed by atoms with Crippen LogP contribution in [-0.2, 0) is 14.3 Å². The lowest BCUT2D eigenvalue weighted by molar-refractivity contribution is -0.139. The van der Waals surface area contributed by atoms with E-state index in [0.717, 1.165) is 16.7 Å². The molecule has 0 unspecified atom stereocenters. The van der Waals surface area contributed by atoms with Gasteiger partial charge in [-0.05, 0) is 37.0 Å². The lowest BCUT2D eigenvalue weighted by atomic mass is 9.88. The predicted octanol–water partition coefficient (Wildman–Crippen LogP) is 3.01. The molecule has 3 heteroatoms. The zero-order valence-electron chi connectivity index (χ0n) is 11.1. The fourth-order valence-corrected chi connectivity index (χ4v) is 2.25. The molecule has 0 amide bonds. The first-order valence-corrected chi connectivity index (χ1v) is 6.32. The minimum absolute atomic E-state index is 0.165. The number of Topliss-reactive ketones (excluding diaryl/α,β-unsaturated/α-hetero) is 1. The molecule has 0 aromatic heterocycles. The molecule has 0 saturated heterocycles. The highest BCUT2D eigenvalue weighted by molar-refractivity contribution is 6.22. The van der Waals surface area contributed by atoms with E-state index in [-0.39, 0.29) is 18.0 Å². The summed E-state index contributed by atoms with van der Waals surface area (Å²) in [7, 11) is 0. The van der Waals surface area contributed by atoms with Crippen LogP contribution in [0.1, 0.15) is 31.4 Å². The number of ether oxygens (including phenoxy) is 1. The molecule has 1 aromatic carbocycles. The van der Waals surface area contributed by atoms with Gasteiger partial charge < -0.3 is 4.74 Å². The maximum absolute atomic E-state index is 12.0. The average Bonchev–Trinajstić information content (AvgIpc) is 2.39. The molecule has 98 valence electrons. The van der Waals surface area contributed by atoms with Crippen LogP contribution in [-0.4, -0.2) is 18.4 Å². The second-order valence-corrected chi connectivity index (χ2v) is 4.32. The number of carbonyl (C=O) groups is 2. The van der Waals surface area contributed by atoms with Crippen LogP contribution >= 0.6 is 0 Å². The van der Waals surface area contributed by atoms with Gasteiger partial charge in [0.05, 0.1) is 6.61 Å². The van der Waals surface area contributed by atoms with Crippen molar-refractivity contribution in [2.45, 2.75) is 20.3 Å². The zero-order chi connectivity index (χ0) is 13.8. The van der Waals surface area contributed by atoms with Gasteiger partial charge in [0.2, 0.25) is 0 Å². The lowest BCUT2D eigenvalue weighted by Crippen LogP contribution is -2.16. The molecule has 2 rings (SSSR count). The van der Waals surface area contributed by atoms with E-state index in [9.17, 15) is 9.59 Å². The number of hydrogen-bond donors (Lipinski definition) is 0. The van der Waals surface area contributed by atoms with Gasteiger partial charge in [0, 0.05) is 0 Å². The Morgan fingerprint density at radius 3 is 2.68 bits per heavy atom. The van der Waals surface area contributed by atoms with Crippen LogP contribution in [0.4, 0.5) is 0 Å². The zero-order valence-corrected chi connectivity index (χ0v) is 11.1. The number of esters is 1. The van der Waals surface area contributed by atoms with E-state index in [0.29, 0.717) is 6.42 Å². The fourth-order valence-electron chi connectivity index (χ4n) is 2.25. The van der Waals surface area contributed by atoms with Crippen LogP contribution in [0.25, 0.3) is 11.6 Å². The van der Waals surface area contributed by atoms with Crippen LogP contribution in [0.3, 0.4) is 0 Å². The molecule has 1 aromatic rings. The summed E-state index contributed by atoms with van der Waals surface area (Å²) in [6.45, 7) is 3.40. The second kappa shape index (κ2) is 5.65. The van der Waals surface area contributed by atoms with Gasteiger partial charge in [0.1, 0.15) is 5.57 Å². The molecule has 19 heavy (non-hydrogen) atoms. The van der Waals surface area contributed by atoms with Crippen molar-refractivity contribution in [3.8, 4) is 0 Å². The fraction of sp³-hybridized carbons (Fsp3) is 0.250. The van der Waals surface area contributed by atoms with Gasteiger partial charge >= 0.3 is 5.97 Å². The van der Waals surface area contributed by atoms with E-state index in [2.05, 4.69) is 0 Å². The monoisotopic (exact) mass is 256 g/mol. The molecule has 0 saturated carbocycles. The number of ketones is 1. The molecule has 0 radical (unpaired) electrons. The standard InChI is InChI=1S/C16H16O3/c1-3-19-16(18)15(11(2)17)14-10-6-8-12-7-4-5-9-13(12)14/h4-9H,3,10H2,1-2H3. The largest absolute Gasteiger partial charge is 0.462 e. The SMILES string of the molecule is CCOC(=O)C(C(C)=O)=C1CC=Cc2ccccc21. The summed E-state index contributed by atoms with van der Waals surface area (Å²) in [6, 6.07) is 7.73. The van der Waals surface area contributed by atoms with Crippen molar-refractivity contribution in [2.24, 2.45) is 0 Å². The summed E-state index contributed by atoms with van der Waals surface area (Å²) in [5, 5.41) is 0. The van der Waals surface area contributed by atoms with Gasteiger partial charge in [-0.3, -0.25) is 4.79 Å². The van der Waals surface area contributed by atoms with Crippen molar-refractivity contribution in [3.63, 3.8) is 0 Å². The van der Waals surface area contributed by atoms with Gasteiger partial charge in [-0.15, -0.1) is 0 Å². The average molecular weight is 256 g/mol. The van der Waals surface area contributed by atoms with Crippen molar-refractivity contribution in [1.82, 2.24) is 0 Å². The van der Waals surface area contributed by atoms with Crippen LogP contribution in [0, 0.1) is 0 Å². The van der Waals surface area contributed by atoms with E-state index in [1.165, 1.54) is 6.92 Å². The summed E-state index contributed by atoms with van der Waals surface area (Å²) in [5.41, 5.74) is 2.87. The highest BCUT2D eigenvalue weighted by Crippen LogP contribution is 2.31. The second-order valence-electron chi connectivity index (χ2n) is 4.32. The molecular formula is C16H16O3. The van der Waals surface area contributed by atoms with E-state index >= 15 is 0 Å². The molecule has 3 nitrogen and oxygen atoms in total. The number of carbonyl (C=O) groups excluding carboxylic acids is 2. The van der Waals surface area contributed by atoms with E-state index in [1.807, 2.05) is 36.4 Å². The van der Waals surface area contributed by atoms with E-state index in [4.69, 9.17) is 4.74 Å². The molecule has 0 N–H and O–H groups in total. The maximum Gasteiger partial charge on any atom is 0.342 e. The Balaban J connectivity index is 2.58. The van der Waals surface area contributed by atoms with Gasteiger partial charge in [-0.1, -0.05) is 36.4 Å². The van der Waals surface area contributed by atoms with Gasteiger partial charge in [-0.25, -0.2) is 4.79 Å². The summed E-state index contributed by atoms with van der Waals surface area (Å²) >= 11 is 0. The smallest absolute Gasteiger partial charge is 0.342 e. The number of hydrogen-bond acceptors (Lipinski definition) is 3. The number of rotatable bonds is 3. The van der Waals surface area contributed by atoms with Gasteiger partial charge in [0.15, 0.2) is 5.78 Å². The van der Waals surface area contributed by atoms with Crippen LogP contribution in [0.15, 0.2) is 35.9 Å². The maximum atomic E-state index is 12.0. The third-order valence-corrected chi connectivity index (χ3v) is 3.04. The van der Waals surface area contributed by atoms with Crippen molar-refractivity contribution in [1.29, 1.82) is 0 Å². The Morgan fingerprint density at radius 2 is 2.00 bits per heavy atom. The normalized spacial score (nSPS) is 15.7. The molecular weight excluding hydrogens is 240 g/mol. The lowest BCUT2D eigenvalue weighted by Gasteiger charge is -2.17. The third-order valence-electron chi connectivity index (χ3n) is 3.04. The molecule has 0 atom stereocenters. The van der Waals surface area contributed by atoms with Crippen LogP contribution < -0.4 is 0 Å². The van der Waals surface area contributed by atoms with Gasteiger partial charge in [-0.2, -0.15) is 0 Å². The first kappa shape index (κ1) is 13.3. The van der Waals surface area contributed by atoms with Crippen molar-refractivity contribution in [3.05, 3.63) is 47.0 Å². The quantitative estimate of drug-likeness (QED) is 0.361. The van der Waals surface area contributed by atoms with Gasteiger partial charge in [0.25, 0.3) is 0 Å². The molecule has 0 bridgehead atoms. The highest BCUT2D eigenvalue weighted by Gasteiger charge is 2.23. The summed E-state index contributed by atoms with van der Waals surface area (Å²) in [6.07, 6.45) is 4.53. The van der Waals surface area contributed by atoms with Crippen LogP contribution in [0.5, 0.6) is 0 Å². The molecule has 0 fully saturated rings. The number of allylic oxidation sites excluding steroid dienone is 2. The first-order chi connectivity index (χ1) is 9.15. The Kier molecular flexibility index (Phi) is 3.95. The predicted molar refractivity (Wildman–Crippen MR) is 74.3 cm³/mol. The Morgan fingerprint density at radius 1 is 1.26 bits per heavy atom. The van der Waals surface area contributed by atoms with Crippen LogP contribution in [0.2, 0.25) is 0 Å². The summed E-state index contributed by atoms with van der Waals surface area (Å²) < 4.78 is 4.99. The van der Waals surface area contributed by atoms with Crippen molar-refractivity contribution in [2.75, 3.05) is 6.61 Å². The third kappa shape index (κ3) is 2.65.